The van der Waals surface area contributed by atoms with Crippen molar-refractivity contribution >= 4 is 12.0 Å². The Labute approximate surface area is 115 Å². The number of nitrogens with zero attached hydrogens (tertiary/aromatic N) is 2. The number of carbonyl (C=O) groups is 2. The fourth-order valence-electron chi connectivity index (χ4n) is 2.18. The highest BCUT2D eigenvalue weighted by Crippen LogP contribution is 2.15. The zero-order valence-corrected chi connectivity index (χ0v) is 12.7. The molecule has 1 saturated heterocycles. The van der Waals surface area contributed by atoms with Gasteiger partial charge in [0.25, 0.3) is 0 Å². The highest BCUT2D eigenvalue weighted by atomic mass is 16.6. The Morgan fingerprint density at radius 2 is 1.89 bits per heavy atom. The van der Waals surface area contributed by atoms with E-state index in [1.807, 2.05) is 39.5 Å². The number of hydrogen-bond acceptors (Lipinski definition) is 3. The highest BCUT2D eigenvalue weighted by Gasteiger charge is 2.31. The van der Waals surface area contributed by atoms with Crippen molar-refractivity contribution in [1.82, 2.24) is 9.80 Å². The van der Waals surface area contributed by atoms with Crippen LogP contribution in [0.3, 0.4) is 0 Å². The Balaban J connectivity index is 2.54. The van der Waals surface area contributed by atoms with Crippen LogP contribution in [0.5, 0.6) is 0 Å². The summed E-state index contributed by atoms with van der Waals surface area (Å²) in [4.78, 5) is 27.4. The molecule has 110 valence electrons. The normalized spacial score (nSPS) is 20.4. The van der Waals surface area contributed by atoms with Crippen molar-refractivity contribution in [2.45, 2.75) is 59.1 Å². The summed E-state index contributed by atoms with van der Waals surface area (Å²) < 4.78 is 5.35. The van der Waals surface area contributed by atoms with Gasteiger partial charge in [0.05, 0.1) is 0 Å². The molecule has 1 heterocycles. The van der Waals surface area contributed by atoms with Crippen LogP contribution in [-0.2, 0) is 9.53 Å². The molecule has 0 aromatic rings. The summed E-state index contributed by atoms with van der Waals surface area (Å²) in [6, 6.07) is 0.0559. The summed E-state index contributed by atoms with van der Waals surface area (Å²) in [5.74, 6) is 0.179. The van der Waals surface area contributed by atoms with Crippen LogP contribution < -0.4 is 0 Å². The Morgan fingerprint density at radius 3 is 2.37 bits per heavy atom. The van der Waals surface area contributed by atoms with Gasteiger partial charge >= 0.3 is 6.09 Å². The Kier molecular flexibility index (Phi) is 5.20. The molecule has 19 heavy (non-hydrogen) atoms. The molecule has 0 unspecified atom stereocenters. The monoisotopic (exact) mass is 270 g/mol. The predicted molar refractivity (Wildman–Crippen MR) is 73.9 cm³/mol. The van der Waals surface area contributed by atoms with Crippen LogP contribution in [0, 0.1) is 0 Å². The van der Waals surface area contributed by atoms with Crippen molar-refractivity contribution in [2.75, 3.05) is 19.6 Å². The van der Waals surface area contributed by atoms with Crippen LogP contribution >= 0.6 is 0 Å². The summed E-state index contributed by atoms with van der Waals surface area (Å²) in [6.45, 7) is 11.2. The van der Waals surface area contributed by atoms with Crippen LogP contribution in [0.2, 0.25) is 0 Å². The quantitative estimate of drug-likeness (QED) is 0.773. The van der Waals surface area contributed by atoms with Gasteiger partial charge < -0.3 is 14.5 Å². The minimum absolute atomic E-state index is 0.0559. The van der Waals surface area contributed by atoms with E-state index in [1.165, 1.54) is 0 Å². The highest BCUT2D eigenvalue weighted by molar-refractivity contribution is 5.77. The Hall–Kier alpha value is -1.26. The summed E-state index contributed by atoms with van der Waals surface area (Å²) in [5.41, 5.74) is -0.477. The summed E-state index contributed by atoms with van der Waals surface area (Å²) >= 11 is 0. The molecule has 1 aliphatic rings. The third-order valence-corrected chi connectivity index (χ3v) is 3.06. The van der Waals surface area contributed by atoms with E-state index >= 15 is 0 Å². The number of carbonyl (C=O) groups excluding carboxylic acids is 2. The van der Waals surface area contributed by atoms with E-state index in [1.54, 1.807) is 4.90 Å². The van der Waals surface area contributed by atoms with Crippen molar-refractivity contribution in [3.63, 3.8) is 0 Å². The van der Waals surface area contributed by atoms with Gasteiger partial charge in [0.2, 0.25) is 5.91 Å². The number of piperazine rings is 1. The minimum Gasteiger partial charge on any atom is -0.444 e. The standard InChI is InChI=1S/C14H26N2O3/c1-6-7-12(17)16-9-8-15(10-11(16)2)13(18)19-14(3,4)5/h11H,6-10H2,1-5H3/t11-/m1/s1. The summed E-state index contributed by atoms with van der Waals surface area (Å²) in [5, 5.41) is 0. The Bertz CT molecular complexity index is 336. The lowest BCUT2D eigenvalue weighted by atomic mass is 10.1. The topological polar surface area (TPSA) is 49.9 Å². The Morgan fingerprint density at radius 1 is 1.26 bits per heavy atom. The van der Waals surface area contributed by atoms with Gasteiger partial charge in [0.1, 0.15) is 5.60 Å². The number of hydrogen-bond donors (Lipinski definition) is 0. The molecule has 0 radical (unpaired) electrons. The maximum absolute atomic E-state index is 12.0. The van der Waals surface area contributed by atoms with E-state index in [9.17, 15) is 9.59 Å². The number of amides is 2. The molecule has 1 fully saturated rings. The van der Waals surface area contributed by atoms with Crippen molar-refractivity contribution in [3.8, 4) is 0 Å². The van der Waals surface area contributed by atoms with Gasteiger partial charge in [0, 0.05) is 32.1 Å². The molecule has 0 saturated carbocycles. The second-order valence-corrected chi connectivity index (χ2v) is 6.11. The fourth-order valence-corrected chi connectivity index (χ4v) is 2.18. The van der Waals surface area contributed by atoms with Crippen LogP contribution in [0.1, 0.15) is 47.5 Å². The first-order chi connectivity index (χ1) is 8.74. The molecule has 0 aromatic carbocycles. The second-order valence-electron chi connectivity index (χ2n) is 6.11. The van der Waals surface area contributed by atoms with Crippen molar-refractivity contribution in [1.29, 1.82) is 0 Å². The molecule has 0 aromatic heterocycles. The molecule has 5 nitrogen and oxygen atoms in total. The van der Waals surface area contributed by atoms with Crippen LogP contribution in [0.4, 0.5) is 4.79 Å². The molecule has 1 aliphatic heterocycles. The third-order valence-electron chi connectivity index (χ3n) is 3.06. The second kappa shape index (κ2) is 6.26. The molecule has 1 atom stereocenters. The predicted octanol–water partition coefficient (Wildman–Crippen LogP) is 2.25. The van der Waals surface area contributed by atoms with E-state index in [0.717, 1.165) is 6.42 Å². The first-order valence-electron chi connectivity index (χ1n) is 7.02. The van der Waals surface area contributed by atoms with Gasteiger partial charge in [-0.15, -0.1) is 0 Å². The smallest absolute Gasteiger partial charge is 0.410 e. The number of ether oxygens (including phenoxy) is 1. The molecular formula is C14H26N2O3. The maximum atomic E-state index is 12.0. The molecule has 1 rings (SSSR count). The zero-order valence-electron chi connectivity index (χ0n) is 12.7. The molecule has 2 amide bonds. The van der Waals surface area contributed by atoms with Gasteiger partial charge in [0.15, 0.2) is 0 Å². The third kappa shape index (κ3) is 4.73. The van der Waals surface area contributed by atoms with Gasteiger partial charge in [-0.3, -0.25) is 4.79 Å². The average molecular weight is 270 g/mol. The lowest BCUT2D eigenvalue weighted by molar-refractivity contribution is -0.135. The van der Waals surface area contributed by atoms with E-state index < -0.39 is 5.60 Å². The van der Waals surface area contributed by atoms with Crippen molar-refractivity contribution in [2.24, 2.45) is 0 Å². The molecule has 0 aliphatic carbocycles. The SMILES string of the molecule is CCCC(=O)N1CCN(C(=O)OC(C)(C)C)C[C@H]1C. The maximum Gasteiger partial charge on any atom is 0.410 e. The first-order valence-corrected chi connectivity index (χ1v) is 7.02. The minimum atomic E-state index is -0.477. The molecule has 0 bridgehead atoms. The zero-order chi connectivity index (χ0) is 14.6. The van der Waals surface area contributed by atoms with Gasteiger partial charge in [-0.25, -0.2) is 4.79 Å². The largest absolute Gasteiger partial charge is 0.444 e. The first kappa shape index (κ1) is 15.8. The van der Waals surface area contributed by atoms with Crippen LogP contribution in [0.15, 0.2) is 0 Å². The summed E-state index contributed by atoms with van der Waals surface area (Å²) in [7, 11) is 0. The van der Waals surface area contributed by atoms with Gasteiger partial charge in [-0.05, 0) is 34.1 Å². The van der Waals surface area contributed by atoms with E-state index in [4.69, 9.17) is 4.74 Å². The molecule has 5 heteroatoms. The lowest BCUT2D eigenvalue weighted by Crippen LogP contribution is -2.56. The van der Waals surface area contributed by atoms with Crippen LogP contribution in [-0.4, -0.2) is 53.1 Å². The van der Waals surface area contributed by atoms with Crippen molar-refractivity contribution < 1.29 is 14.3 Å². The average Bonchev–Trinajstić information content (AvgIpc) is 2.26. The molecule has 0 spiro atoms. The lowest BCUT2D eigenvalue weighted by Gasteiger charge is -2.40. The van der Waals surface area contributed by atoms with E-state index in [-0.39, 0.29) is 18.0 Å². The molecule has 0 N–H and O–H groups in total. The van der Waals surface area contributed by atoms with Gasteiger partial charge in [-0.1, -0.05) is 6.92 Å². The fraction of sp³-hybridized carbons (Fsp3) is 0.857. The van der Waals surface area contributed by atoms with Crippen molar-refractivity contribution in [3.05, 3.63) is 0 Å². The van der Waals surface area contributed by atoms with Crippen LogP contribution in [0.25, 0.3) is 0 Å². The summed E-state index contributed by atoms with van der Waals surface area (Å²) in [6.07, 6.45) is 1.15. The van der Waals surface area contributed by atoms with E-state index in [0.29, 0.717) is 26.1 Å². The number of rotatable bonds is 2. The van der Waals surface area contributed by atoms with E-state index in [2.05, 4.69) is 0 Å². The molecular weight excluding hydrogens is 244 g/mol. The van der Waals surface area contributed by atoms with Gasteiger partial charge in [-0.2, -0.15) is 0 Å².